The van der Waals surface area contributed by atoms with Crippen molar-refractivity contribution in [3.63, 3.8) is 0 Å². The van der Waals surface area contributed by atoms with Gasteiger partial charge >= 0.3 is 0 Å². The molecule has 1 heterocycles. The summed E-state index contributed by atoms with van der Waals surface area (Å²) >= 11 is 0. The molecule has 1 aromatic rings. The summed E-state index contributed by atoms with van der Waals surface area (Å²) in [5.74, 6) is 2.02. The summed E-state index contributed by atoms with van der Waals surface area (Å²) < 4.78 is 2.27. The van der Waals surface area contributed by atoms with E-state index in [1.807, 2.05) is 6.20 Å². The number of aromatic nitrogens is 2. The van der Waals surface area contributed by atoms with Crippen LogP contribution in [0.2, 0.25) is 0 Å². The molecule has 1 atom stereocenters. The molecule has 1 fully saturated rings. The SMILES string of the molecule is CCNC(c1nccn1CC)C1CCCC1. The van der Waals surface area contributed by atoms with E-state index >= 15 is 0 Å². The molecule has 1 aliphatic carbocycles. The van der Waals surface area contributed by atoms with Crippen LogP contribution < -0.4 is 5.32 Å². The average Bonchev–Trinajstić information content (AvgIpc) is 2.96. The highest BCUT2D eigenvalue weighted by Gasteiger charge is 2.28. The summed E-state index contributed by atoms with van der Waals surface area (Å²) in [6, 6.07) is 0.461. The Kier molecular flexibility index (Phi) is 3.99. The van der Waals surface area contributed by atoms with Crippen molar-refractivity contribution in [2.75, 3.05) is 6.54 Å². The van der Waals surface area contributed by atoms with Gasteiger partial charge in [0.1, 0.15) is 5.82 Å². The zero-order valence-corrected chi connectivity index (χ0v) is 10.4. The highest BCUT2D eigenvalue weighted by Crippen LogP contribution is 2.35. The van der Waals surface area contributed by atoms with Crippen LogP contribution in [0.5, 0.6) is 0 Å². The third-order valence-electron chi connectivity index (χ3n) is 3.66. The van der Waals surface area contributed by atoms with Gasteiger partial charge in [-0.1, -0.05) is 19.8 Å². The van der Waals surface area contributed by atoms with Crippen molar-refractivity contribution in [2.24, 2.45) is 5.92 Å². The van der Waals surface area contributed by atoms with Gasteiger partial charge in [-0.15, -0.1) is 0 Å². The van der Waals surface area contributed by atoms with Crippen LogP contribution >= 0.6 is 0 Å². The molecule has 2 rings (SSSR count). The van der Waals surface area contributed by atoms with Crippen molar-refractivity contribution in [1.82, 2.24) is 14.9 Å². The van der Waals surface area contributed by atoms with Crippen LogP contribution in [0.4, 0.5) is 0 Å². The lowest BCUT2D eigenvalue weighted by Gasteiger charge is -2.24. The van der Waals surface area contributed by atoms with Crippen LogP contribution in [0.25, 0.3) is 0 Å². The zero-order chi connectivity index (χ0) is 11.4. The Morgan fingerprint density at radius 1 is 1.44 bits per heavy atom. The van der Waals surface area contributed by atoms with Gasteiger partial charge < -0.3 is 9.88 Å². The predicted octanol–water partition coefficient (Wildman–Crippen LogP) is 2.74. The number of nitrogens with one attached hydrogen (secondary N) is 1. The molecule has 0 radical (unpaired) electrons. The number of nitrogens with zero attached hydrogens (tertiary/aromatic N) is 2. The van der Waals surface area contributed by atoms with Gasteiger partial charge in [0.05, 0.1) is 6.04 Å². The molecule has 0 amide bonds. The quantitative estimate of drug-likeness (QED) is 0.828. The van der Waals surface area contributed by atoms with E-state index in [-0.39, 0.29) is 0 Å². The van der Waals surface area contributed by atoms with Crippen LogP contribution in [0.3, 0.4) is 0 Å². The van der Waals surface area contributed by atoms with Crippen LogP contribution in [-0.4, -0.2) is 16.1 Å². The Morgan fingerprint density at radius 2 is 2.19 bits per heavy atom. The molecule has 1 N–H and O–H groups in total. The first-order valence-electron chi connectivity index (χ1n) is 6.61. The number of hydrogen-bond acceptors (Lipinski definition) is 2. The lowest BCUT2D eigenvalue weighted by molar-refractivity contribution is 0.349. The van der Waals surface area contributed by atoms with Crippen molar-refractivity contribution in [3.05, 3.63) is 18.2 Å². The monoisotopic (exact) mass is 221 g/mol. The summed E-state index contributed by atoms with van der Waals surface area (Å²) in [7, 11) is 0. The van der Waals surface area contributed by atoms with Gasteiger partial charge in [0, 0.05) is 18.9 Å². The summed E-state index contributed by atoms with van der Waals surface area (Å²) in [6.07, 6.45) is 9.51. The van der Waals surface area contributed by atoms with E-state index in [0.717, 1.165) is 19.0 Å². The lowest BCUT2D eigenvalue weighted by atomic mass is 9.97. The first kappa shape index (κ1) is 11.6. The molecule has 0 spiro atoms. The van der Waals surface area contributed by atoms with Gasteiger partial charge in [0.15, 0.2) is 0 Å². The van der Waals surface area contributed by atoms with Crippen LogP contribution in [0, 0.1) is 5.92 Å². The molecule has 0 aromatic carbocycles. The van der Waals surface area contributed by atoms with Crippen LogP contribution in [0.15, 0.2) is 12.4 Å². The highest BCUT2D eigenvalue weighted by molar-refractivity contribution is 5.02. The van der Waals surface area contributed by atoms with Gasteiger partial charge in [0.2, 0.25) is 0 Å². The van der Waals surface area contributed by atoms with E-state index in [4.69, 9.17) is 0 Å². The highest BCUT2D eigenvalue weighted by atomic mass is 15.1. The molecule has 1 aliphatic rings. The first-order chi connectivity index (χ1) is 7.86. The second-order valence-electron chi connectivity index (χ2n) is 4.65. The maximum atomic E-state index is 4.55. The number of imidazole rings is 1. The second-order valence-corrected chi connectivity index (χ2v) is 4.65. The fraction of sp³-hybridized carbons (Fsp3) is 0.769. The number of aryl methyl sites for hydroxylation is 1. The Labute approximate surface area is 98.3 Å². The number of rotatable bonds is 5. The standard InChI is InChI=1S/C13H23N3/c1-3-14-12(11-7-5-6-8-11)13-15-9-10-16(13)4-2/h9-12,14H,3-8H2,1-2H3. The molecule has 0 aliphatic heterocycles. The van der Waals surface area contributed by atoms with E-state index in [1.54, 1.807) is 0 Å². The number of hydrogen-bond donors (Lipinski definition) is 1. The molecule has 1 saturated carbocycles. The Balaban J connectivity index is 2.17. The van der Waals surface area contributed by atoms with Gasteiger partial charge in [-0.3, -0.25) is 0 Å². The van der Waals surface area contributed by atoms with Crippen molar-refractivity contribution in [3.8, 4) is 0 Å². The minimum atomic E-state index is 0.461. The van der Waals surface area contributed by atoms with Crippen molar-refractivity contribution >= 4 is 0 Å². The van der Waals surface area contributed by atoms with E-state index < -0.39 is 0 Å². The minimum Gasteiger partial charge on any atom is -0.334 e. The molecule has 0 saturated heterocycles. The summed E-state index contributed by atoms with van der Waals surface area (Å²) in [5, 5.41) is 3.62. The molecule has 0 bridgehead atoms. The predicted molar refractivity (Wildman–Crippen MR) is 66.3 cm³/mol. The van der Waals surface area contributed by atoms with Crippen LogP contribution in [0.1, 0.15) is 51.4 Å². The minimum absolute atomic E-state index is 0.461. The maximum absolute atomic E-state index is 4.55. The third kappa shape index (κ3) is 2.29. The second kappa shape index (κ2) is 5.48. The Hall–Kier alpha value is -0.830. The summed E-state index contributed by atoms with van der Waals surface area (Å²) in [5.41, 5.74) is 0. The molecule has 1 unspecified atom stereocenters. The fourth-order valence-electron chi connectivity index (χ4n) is 2.85. The van der Waals surface area contributed by atoms with Crippen molar-refractivity contribution in [1.29, 1.82) is 0 Å². The van der Waals surface area contributed by atoms with Gasteiger partial charge in [-0.05, 0) is 32.2 Å². The van der Waals surface area contributed by atoms with E-state index in [1.165, 1.54) is 31.5 Å². The Bertz CT molecular complexity index is 313. The normalized spacial score (nSPS) is 19.1. The fourth-order valence-corrected chi connectivity index (χ4v) is 2.85. The topological polar surface area (TPSA) is 29.9 Å². The summed E-state index contributed by atoms with van der Waals surface area (Å²) in [4.78, 5) is 4.55. The molecular weight excluding hydrogens is 198 g/mol. The van der Waals surface area contributed by atoms with Crippen LogP contribution in [-0.2, 0) is 6.54 Å². The summed E-state index contributed by atoms with van der Waals surface area (Å²) in [6.45, 7) is 6.41. The van der Waals surface area contributed by atoms with Crippen molar-refractivity contribution in [2.45, 2.75) is 52.1 Å². The molecule has 1 aromatic heterocycles. The van der Waals surface area contributed by atoms with E-state index in [9.17, 15) is 0 Å². The lowest BCUT2D eigenvalue weighted by Crippen LogP contribution is -2.29. The largest absolute Gasteiger partial charge is 0.334 e. The van der Waals surface area contributed by atoms with E-state index in [0.29, 0.717) is 6.04 Å². The molecule has 16 heavy (non-hydrogen) atoms. The third-order valence-corrected chi connectivity index (χ3v) is 3.66. The smallest absolute Gasteiger partial charge is 0.126 e. The van der Waals surface area contributed by atoms with E-state index in [2.05, 4.69) is 34.9 Å². The molecular formula is C13H23N3. The Morgan fingerprint density at radius 3 is 2.81 bits per heavy atom. The van der Waals surface area contributed by atoms with Gasteiger partial charge in [0.25, 0.3) is 0 Å². The zero-order valence-electron chi connectivity index (χ0n) is 10.4. The molecule has 3 nitrogen and oxygen atoms in total. The molecule has 3 heteroatoms. The average molecular weight is 221 g/mol. The van der Waals surface area contributed by atoms with Gasteiger partial charge in [-0.25, -0.2) is 4.98 Å². The van der Waals surface area contributed by atoms with Crippen molar-refractivity contribution < 1.29 is 0 Å². The first-order valence-corrected chi connectivity index (χ1v) is 6.61. The molecule has 90 valence electrons. The maximum Gasteiger partial charge on any atom is 0.126 e. The van der Waals surface area contributed by atoms with Gasteiger partial charge in [-0.2, -0.15) is 0 Å².